The minimum atomic E-state index is 0.724. The minimum absolute atomic E-state index is 0.724. The van der Waals surface area contributed by atoms with Crippen molar-refractivity contribution in [2.45, 2.75) is 32.4 Å². The van der Waals surface area contributed by atoms with E-state index in [-0.39, 0.29) is 0 Å². The zero-order valence-corrected chi connectivity index (χ0v) is 9.96. The molecule has 0 aromatic carbocycles. The smallest absolute Gasteiger partial charge is 0.0893 e. The average molecular weight is 226 g/mol. The summed E-state index contributed by atoms with van der Waals surface area (Å²) in [5.41, 5.74) is 1.06. The van der Waals surface area contributed by atoms with Crippen LogP contribution >= 0.6 is 11.5 Å². The predicted octanol–water partition coefficient (Wildman–Crippen LogP) is 1.11. The molecule has 0 amide bonds. The molecule has 2 heterocycles. The number of hydrogen-bond donors (Lipinski definition) is 1. The van der Waals surface area contributed by atoms with Crippen molar-refractivity contribution in [3.8, 4) is 0 Å². The Hall–Kier alpha value is -0.520. The van der Waals surface area contributed by atoms with Gasteiger partial charge in [0.2, 0.25) is 0 Å². The maximum atomic E-state index is 4.01. The highest BCUT2D eigenvalue weighted by Crippen LogP contribution is 2.15. The fourth-order valence-electron chi connectivity index (χ4n) is 2.17. The third kappa shape index (κ3) is 2.96. The van der Waals surface area contributed by atoms with Crippen molar-refractivity contribution in [3.63, 3.8) is 0 Å². The molecule has 1 saturated heterocycles. The summed E-state index contributed by atoms with van der Waals surface area (Å²) in [6.07, 6.45) is 2.68. The first-order chi connectivity index (χ1) is 7.40. The summed E-state index contributed by atoms with van der Waals surface area (Å²) < 4.78 is 3.84. The molecule has 5 heteroatoms. The molecule has 84 valence electrons. The molecule has 4 nitrogen and oxygen atoms in total. The van der Waals surface area contributed by atoms with Gasteiger partial charge in [0, 0.05) is 24.5 Å². The number of aromatic nitrogens is 2. The van der Waals surface area contributed by atoms with Crippen LogP contribution in [0.5, 0.6) is 0 Å². The Morgan fingerprint density at radius 2 is 2.60 bits per heavy atom. The van der Waals surface area contributed by atoms with E-state index in [2.05, 4.69) is 26.7 Å². The second-order valence-electron chi connectivity index (χ2n) is 3.95. The number of hydrogen-bond acceptors (Lipinski definition) is 5. The lowest BCUT2D eigenvalue weighted by atomic mass is 10.2. The molecule has 0 bridgehead atoms. The third-order valence-electron chi connectivity index (χ3n) is 3.00. The van der Waals surface area contributed by atoms with E-state index in [0.717, 1.165) is 24.8 Å². The largest absolute Gasteiger partial charge is 0.310 e. The van der Waals surface area contributed by atoms with Crippen molar-refractivity contribution in [2.24, 2.45) is 0 Å². The Labute approximate surface area is 94.8 Å². The van der Waals surface area contributed by atoms with Crippen molar-refractivity contribution in [1.29, 1.82) is 0 Å². The van der Waals surface area contributed by atoms with Gasteiger partial charge in [-0.05, 0) is 37.5 Å². The fourth-order valence-corrected chi connectivity index (χ4v) is 2.62. The standard InChI is InChI=1S/C10H18N4S/c1-2-14-5-3-4-10(14)7-11-6-9-8-15-13-12-9/h8,10-11H,2-7H2,1H3/t10-/m1/s1. The maximum Gasteiger partial charge on any atom is 0.0893 e. The summed E-state index contributed by atoms with van der Waals surface area (Å²) in [5, 5.41) is 9.47. The van der Waals surface area contributed by atoms with E-state index in [1.54, 1.807) is 0 Å². The second kappa shape index (κ2) is 5.53. The number of nitrogens with one attached hydrogen (secondary N) is 1. The van der Waals surface area contributed by atoms with Crippen LogP contribution in [0.3, 0.4) is 0 Å². The summed E-state index contributed by atoms with van der Waals surface area (Å²) in [5.74, 6) is 0. The molecular formula is C10H18N4S. The molecule has 0 spiro atoms. The van der Waals surface area contributed by atoms with Crippen LogP contribution in [0.4, 0.5) is 0 Å². The first-order valence-corrected chi connectivity index (χ1v) is 6.44. The number of likely N-dealkylation sites (N-methyl/N-ethyl adjacent to an activating group) is 1. The zero-order chi connectivity index (χ0) is 10.5. The lowest BCUT2D eigenvalue weighted by Crippen LogP contribution is -2.37. The maximum absolute atomic E-state index is 4.01. The molecule has 0 radical (unpaired) electrons. The summed E-state index contributed by atoms with van der Waals surface area (Å²) in [6, 6.07) is 0.724. The summed E-state index contributed by atoms with van der Waals surface area (Å²) in [6.45, 7) is 6.60. The van der Waals surface area contributed by atoms with Crippen LogP contribution < -0.4 is 5.32 Å². The van der Waals surface area contributed by atoms with E-state index >= 15 is 0 Å². The topological polar surface area (TPSA) is 41.0 Å². The monoisotopic (exact) mass is 226 g/mol. The SMILES string of the molecule is CCN1CCC[C@@H]1CNCc1csnn1. The van der Waals surface area contributed by atoms with Crippen LogP contribution in [0.2, 0.25) is 0 Å². The molecule has 1 aromatic rings. The van der Waals surface area contributed by atoms with Gasteiger partial charge in [0.05, 0.1) is 5.69 Å². The van der Waals surface area contributed by atoms with Gasteiger partial charge in [-0.3, -0.25) is 4.90 Å². The van der Waals surface area contributed by atoms with Crippen molar-refractivity contribution < 1.29 is 0 Å². The highest BCUT2D eigenvalue weighted by molar-refractivity contribution is 7.03. The van der Waals surface area contributed by atoms with E-state index in [1.807, 2.05) is 5.38 Å². The molecule has 15 heavy (non-hydrogen) atoms. The third-order valence-corrected chi connectivity index (χ3v) is 3.55. The predicted molar refractivity (Wildman–Crippen MR) is 61.9 cm³/mol. The van der Waals surface area contributed by atoms with Gasteiger partial charge in [-0.2, -0.15) is 0 Å². The van der Waals surface area contributed by atoms with Gasteiger partial charge in [-0.1, -0.05) is 11.4 Å². The van der Waals surface area contributed by atoms with Crippen LogP contribution in [0.15, 0.2) is 5.38 Å². The molecule has 1 N–H and O–H groups in total. The van der Waals surface area contributed by atoms with Gasteiger partial charge in [-0.15, -0.1) is 5.10 Å². The van der Waals surface area contributed by atoms with Crippen LogP contribution in [-0.2, 0) is 6.54 Å². The Morgan fingerprint density at radius 3 is 3.33 bits per heavy atom. The van der Waals surface area contributed by atoms with Crippen LogP contribution in [0.1, 0.15) is 25.5 Å². The molecule has 1 aromatic heterocycles. The van der Waals surface area contributed by atoms with Crippen LogP contribution in [0, 0.1) is 0 Å². The highest BCUT2D eigenvalue weighted by atomic mass is 32.1. The Morgan fingerprint density at radius 1 is 1.67 bits per heavy atom. The lowest BCUT2D eigenvalue weighted by molar-refractivity contribution is 0.259. The Balaban J connectivity index is 1.69. The van der Waals surface area contributed by atoms with Gasteiger partial charge < -0.3 is 5.32 Å². The fraction of sp³-hybridized carbons (Fsp3) is 0.800. The summed E-state index contributed by atoms with van der Waals surface area (Å²) in [4.78, 5) is 2.55. The molecule has 0 saturated carbocycles. The molecule has 1 atom stereocenters. The first kappa shape index (κ1) is 11.0. The number of nitrogens with zero attached hydrogens (tertiary/aromatic N) is 3. The molecule has 2 rings (SSSR count). The average Bonchev–Trinajstić information content (AvgIpc) is 2.88. The van der Waals surface area contributed by atoms with E-state index in [4.69, 9.17) is 0 Å². The normalized spacial score (nSPS) is 22.3. The molecular weight excluding hydrogens is 208 g/mol. The number of rotatable bonds is 5. The molecule has 1 aliphatic heterocycles. The van der Waals surface area contributed by atoms with Crippen molar-refractivity contribution in [1.82, 2.24) is 19.8 Å². The second-order valence-corrected chi connectivity index (χ2v) is 4.56. The molecule has 1 fully saturated rings. The summed E-state index contributed by atoms with van der Waals surface area (Å²) in [7, 11) is 0. The lowest BCUT2D eigenvalue weighted by Gasteiger charge is -2.22. The van der Waals surface area contributed by atoms with Gasteiger partial charge in [0.1, 0.15) is 0 Å². The van der Waals surface area contributed by atoms with E-state index in [1.165, 1.54) is 37.5 Å². The van der Waals surface area contributed by atoms with Gasteiger partial charge in [0.25, 0.3) is 0 Å². The van der Waals surface area contributed by atoms with Gasteiger partial charge in [0.15, 0.2) is 0 Å². The Kier molecular flexibility index (Phi) is 4.05. The molecule has 0 aliphatic carbocycles. The molecule has 0 unspecified atom stereocenters. The first-order valence-electron chi connectivity index (χ1n) is 5.61. The quantitative estimate of drug-likeness (QED) is 0.816. The van der Waals surface area contributed by atoms with Crippen molar-refractivity contribution >= 4 is 11.5 Å². The van der Waals surface area contributed by atoms with Crippen LogP contribution in [0.25, 0.3) is 0 Å². The van der Waals surface area contributed by atoms with E-state index in [0.29, 0.717) is 0 Å². The summed E-state index contributed by atoms with van der Waals surface area (Å²) >= 11 is 1.42. The highest BCUT2D eigenvalue weighted by Gasteiger charge is 2.21. The Bertz CT molecular complexity index is 275. The molecule has 1 aliphatic rings. The van der Waals surface area contributed by atoms with Gasteiger partial charge in [-0.25, -0.2) is 0 Å². The van der Waals surface area contributed by atoms with E-state index in [9.17, 15) is 0 Å². The van der Waals surface area contributed by atoms with Gasteiger partial charge >= 0.3 is 0 Å². The van der Waals surface area contributed by atoms with Crippen LogP contribution in [-0.4, -0.2) is 40.2 Å². The number of likely N-dealkylation sites (tertiary alicyclic amines) is 1. The van der Waals surface area contributed by atoms with Crippen molar-refractivity contribution in [2.75, 3.05) is 19.6 Å². The van der Waals surface area contributed by atoms with E-state index < -0.39 is 0 Å². The minimum Gasteiger partial charge on any atom is -0.310 e. The zero-order valence-electron chi connectivity index (χ0n) is 9.15. The van der Waals surface area contributed by atoms with Crippen molar-refractivity contribution in [3.05, 3.63) is 11.1 Å².